The van der Waals surface area contributed by atoms with E-state index in [0.717, 1.165) is 10.0 Å². The molecule has 0 fully saturated rings. The zero-order valence-corrected chi connectivity index (χ0v) is 9.94. The Labute approximate surface area is 99.7 Å². The molecule has 1 aromatic carbocycles. The lowest BCUT2D eigenvalue weighted by molar-refractivity contribution is -0.274. The van der Waals surface area contributed by atoms with Gasteiger partial charge in [-0.1, -0.05) is 15.9 Å². The van der Waals surface area contributed by atoms with Crippen molar-refractivity contribution in [2.45, 2.75) is 19.2 Å². The highest BCUT2D eigenvalue weighted by molar-refractivity contribution is 9.10. The molecule has 0 saturated carbocycles. The first-order valence-corrected chi connectivity index (χ1v) is 5.46. The van der Waals surface area contributed by atoms with Gasteiger partial charge in [0, 0.05) is 4.47 Å². The monoisotopic (exact) mass is 297 g/mol. The lowest BCUT2D eigenvalue weighted by Crippen LogP contribution is -2.17. The summed E-state index contributed by atoms with van der Waals surface area (Å²) in [6.45, 7) is 0.497. The lowest BCUT2D eigenvalue weighted by atomic mass is 10.1. The molecule has 2 nitrogen and oxygen atoms in total. The van der Waals surface area contributed by atoms with Crippen LogP contribution in [-0.2, 0) is 6.42 Å². The predicted octanol–water partition coefficient (Wildman–Crippen LogP) is 3.24. The van der Waals surface area contributed by atoms with Gasteiger partial charge in [0.05, 0.1) is 0 Å². The number of alkyl halides is 3. The van der Waals surface area contributed by atoms with E-state index in [1.54, 1.807) is 0 Å². The van der Waals surface area contributed by atoms with Gasteiger partial charge in [-0.2, -0.15) is 0 Å². The van der Waals surface area contributed by atoms with Gasteiger partial charge < -0.3 is 10.5 Å². The van der Waals surface area contributed by atoms with Crippen molar-refractivity contribution in [1.82, 2.24) is 0 Å². The third-order valence-electron chi connectivity index (χ3n) is 1.90. The summed E-state index contributed by atoms with van der Waals surface area (Å²) in [4.78, 5) is 0. The Kier molecular flexibility index (Phi) is 4.61. The summed E-state index contributed by atoms with van der Waals surface area (Å²) in [6.07, 6.45) is -3.32. The summed E-state index contributed by atoms with van der Waals surface area (Å²) in [7, 11) is 0. The summed E-state index contributed by atoms with van der Waals surface area (Å²) in [5.41, 5.74) is 6.10. The molecule has 90 valence electrons. The number of ether oxygens (including phenoxy) is 1. The van der Waals surface area contributed by atoms with Crippen molar-refractivity contribution in [3.05, 3.63) is 28.2 Å². The zero-order valence-electron chi connectivity index (χ0n) is 8.35. The molecule has 0 amide bonds. The lowest BCUT2D eigenvalue weighted by Gasteiger charge is -2.11. The maximum atomic E-state index is 12.0. The Morgan fingerprint density at radius 2 is 2.00 bits per heavy atom. The van der Waals surface area contributed by atoms with E-state index in [9.17, 15) is 13.2 Å². The molecule has 0 spiro atoms. The molecule has 0 aromatic heterocycles. The summed E-state index contributed by atoms with van der Waals surface area (Å²) in [6, 6.07) is 4.17. The van der Waals surface area contributed by atoms with Crippen molar-refractivity contribution in [2.75, 3.05) is 6.54 Å². The molecule has 6 heteroatoms. The molecule has 16 heavy (non-hydrogen) atoms. The van der Waals surface area contributed by atoms with E-state index in [2.05, 4.69) is 20.7 Å². The van der Waals surface area contributed by atoms with E-state index >= 15 is 0 Å². The normalized spacial score (nSPS) is 11.6. The molecule has 1 aromatic rings. The van der Waals surface area contributed by atoms with Crippen LogP contribution in [0.5, 0.6) is 5.75 Å². The van der Waals surface area contributed by atoms with Gasteiger partial charge in [0.1, 0.15) is 5.75 Å². The number of aryl methyl sites for hydroxylation is 1. The largest absolute Gasteiger partial charge is 0.573 e. The Morgan fingerprint density at radius 1 is 1.31 bits per heavy atom. The molecule has 0 aliphatic heterocycles. The topological polar surface area (TPSA) is 35.2 Å². The summed E-state index contributed by atoms with van der Waals surface area (Å²) >= 11 is 3.26. The fourth-order valence-electron chi connectivity index (χ4n) is 1.23. The quantitative estimate of drug-likeness (QED) is 0.926. The van der Waals surface area contributed by atoms with Crippen LogP contribution in [0, 0.1) is 0 Å². The fourth-order valence-corrected chi connectivity index (χ4v) is 1.68. The molecule has 0 bridgehead atoms. The average Bonchev–Trinajstić information content (AvgIpc) is 2.17. The van der Waals surface area contributed by atoms with Crippen molar-refractivity contribution in [3.8, 4) is 5.75 Å². The Hall–Kier alpha value is -0.750. The minimum Gasteiger partial charge on any atom is -0.406 e. The Bertz CT molecular complexity index is 354. The van der Waals surface area contributed by atoms with E-state index in [1.165, 1.54) is 18.2 Å². The van der Waals surface area contributed by atoms with Gasteiger partial charge in [0.2, 0.25) is 0 Å². The maximum Gasteiger partial charge on any atom is 0.573 e. The van der Waals surface area contributed by atoms with Crippen LogP contribution in [0.3, 0.4) is 0 Å². The summed E-state index contributed by atoms with van der Waals surface area (Å²) in [5, 5.41) is 0. The second-order valence-corrected chi connectivity index (χ2v) is 4.05. The Morgan fingerprint density at radius 3 is 2.56 bits per heavy atom. The fraction of sp³-hybridized carbons (Fsp3) is 0.400. The standard InChI is InChI=1S/C10H11BrF3NO/c11-9-4-3-8(16-10(12,13)14)6-7(9)2-1-5-15/h3-4,6H,1-2,5,15H2. The highest BCUT2D eigenvalue weighted by atomic mass is 79.9. The number of hydrogen-bond acceptors (Lipinski definition) is 2. The van der Waals surface area contributed by atoms with Gasteiger partial charge >= 0.3 is 6.36 Å². The average molecular weight is 298 g/mol. The van der Waals surface area contributed by atoms with E-state index in [0.29, 0.717) is 19.4 Å². The van der Waals surface area contributed by atoms with Crippen molar-refractivity contribution in [3.63, 3.8) is 0 Å². The summed E-state index contributed by atoms with van der Waals surface area (Å²) in [5.74, 6) is -0.206. The molecular formula is C10H11BrF3NO. The second kappa shape index (κ2) is 5.54. The maximum absolute atomic E-state index is 12.0. The molecular weight excluding hydrogens is 287 g/mol. The van der Waals surface area contributed by atoms with Gasteiger partial charge in [0.25, 0.3) is 0 Å². The molecule has 0 saturated heterocycles. The SMILES string of the molecule is NCCCc1cc(OC(F)(F)F)ccc1Br. The molecule has 0 radical (unpaired) electrons. The van der Waals surface area contributed by atoms with Crippen molar-refractivity contribution in [2.24, 2.45) is 5.73 Å². The number of hydrogen-bond donors (Lipinski definition) is 1. The Balaban J connectivity index is 2.81. The number of rotatable bonds is 4. The number of benzene rings is 1. The summed E-state index contributed by atoms with van der Waals surface area (Å²) < 4.78 is 40.5. The van der Waals surface area contributed by atoms with Crippen LogP contribution in [0.25, 0.3) is 0 Å². The zero-order chi connectivity index (χ0) is 12.2. The third kappa shape index (κ3) is 4.40. The van der Waals surface area contributed by atoms with Crippen LogP contribution in [0.15, 0.2) is 22.7 Å². The molecule has 0 unspecified atom stereocenters. The minimum atomic E-state index is -4.65. The van der Waals surface area contributed by atoms with Gasteiger partial charge in [-0.15, -0.1) is 13.2 Å². The smallest absolute Gasteiger partial charge is 0.406 e. The molecule has 0 aliphatic rings. The van der Waals surface area contributed by atoms with Crippen LogP contribution < -0.4 is 10.5 Å². The van der Waals surface area contributed by atoms with Gasteiger partial charge in [-0.25, -0.2) is 0 Å². The van der Waals surface area contributed by atoms with Crippen LogP contribution in [0.2, 0.25) is 0 Å². The van der Waals surface area contributed by atoms with E-state index < -0.39 is 6.36 Å². The molecule has 0 heterocycles. The second-order valence-electron chi connectivity index (χ2n) is 3.19. The van der Waals surface area contributed by atoms with Crippen molar-refractivity contribution < 1.29 is 17.9 Å². The minimum absolute atomic E-state index is 0.206. The van der Waals surface area contributed by atoms with Crippen LogP contribution >= 0.6 is 15.9 Å². The van der Waals surface area contributed by atoms with E-state index in [-0.39, 0.29) is 5.75 Å². The first-order valence-electron chi connectivity index (χ1n) is 4.66. The van der Waals surface area contributed by atoms with Gasteiger partial charge in [-0.3, -0.25) is 0 Å². The van der Waals surface area contributed by atoms with Crippen LogP contribution in [-0.4, -0.2) is 12.9 Å². The first-order chi connectivity index (χ1) is 7.42. The molecule has 0 aliphatic carbocycles. The van der Waals surface area contributed by atoms with Crippen molar-refractivity contribution >= 4 is 15.9 Å². The van der Waals surface area contributed by atoms with E-state index in [1.807, 2.05) is 0 Å². The van der Waals surface area contributed by atoms with E-state index in [4.69, 9.17) is 5.73 Å². The van der Waals surface area contributed by atoms with Crippen LogP contribution in [0.4, 0.5) is 13.2 Å². The van der Waals surface area contributed by atoms with Crippen molar-refractivity contribution in [1.29, 1.82) is 0 Å². The molecule has 0 atom stereocenters. The highest BCUT2D eigenvalue weighted by Gasteiger charge is 2.31. The highest BCUT2D eigenvalue weighted by Crippen LogP contribution is 2.27. The molecule has 2 N–H and O–H groups in total. The first kappa shape index (κ1) is 13.3. The third-order valence-corrected chi connectivity index (χ3v) is 2.67. The van der Waals surface area contributed by atoms with Crippen LogP contribution in [0.1, 0.15) is 12.0 Å². The van der Waals surface area contributed by atoms with Gasteiger partial charge in [0.15, 0.2) is 0 Å². The van der Waals surface area contributed by atoms with Gasteiger partial charge in [-0.05, 0) is 43.1 Å². The predicted molar refractivity (Wildman–Crippen MR) is 58.2 cm³/mol. The number of halogens is 4. The number of nitrogens with two attached hydrogens (primary N) is 1. The molecule has 1 rings (SSSR count).